The van der Waals surface area contributed by atoms with Crippen LogP contribution < -0.4 is 10.5 Å². The first-order valence-corrected chi connectivity index (χ1v) is 11.5. The Morgan fingerprint density at radius 2 is 1.72 bits per heavy atom. The molecule has 1 amide bonds. The zero-order valence-electron chi connectivity index (χ0n) is 17.8. The number of hydrogen-bond donors (Lipinski definition) is 0. The summed E-state index contributed by atoms with van der Waals surface area (Å²) in [7, 11) is 0. The van der Waals surface area contributed by atoms with E-state index in [4.69, 9.17) is 4.98 Å². The SMILES string of the molecule is CCCn1nc(C(=O)N(CCc2ccccc2)c2nc(-c3ccccc3)cs2)ccc1=O. The van der Waals surface area contributed by atoms with E-state index in [2.05, 4.69) is 5.10 Å². The van der Waals surface area contributed by atoms with E-state index in [1.807, 2.05) is 73.0 Å². The Hall–Kier alpha value is -3.58. The second kappa shape index (κ2) is 10.2. The van der Waals surface area contributed by atoms with E-state index in [0.717, 1.165) is 23.2 Å². The second-order valence-electron chi connectivity index (χ2n) is 7.35. The first-order chi connectivity index (χ1) is 15.7. The maximum absolute atomic E-state index is 13.5. The molecule has 4 rings (SSSR count). The minimum atomic E-state index is -0.264. The predicted molar refractivity (Wildman–Crippen MR) is 128 cm³/mol. The number of thiazole rings is 1. The van der Waals surface area contributed by atoms with Crippen molar-refractivity contribution in [2.24, 2.45) is 0 Å². The van der Waals surface area contributed by atoms with Gasteiger partial charge in [-0.2, -0.15) is 5.10 Å². The van der Waals surface area contributed by atoms with Crippen LogP contribution in [-0.4, -0.2) is 27.2 Å². The number of carbonyl (C=O) groups is 1. The summed E-state index contributed by atoms with van der Waals surface area (Å²) in [5, 5.41) is 6.89. The Morgan fingerprint density at radius 1 is 1.00 bits per heavy atom. The van der Waals surface area contributed by atoms with Gasteiger partial charge in [-0.05, 0) is 24.5 Å². The van der Waals surface area contributed by atoms with E-state index in [-0.39, 0.29) is 17.2 Å². The van der Waals surface area contributed by atoms with Crippen molar-refractivity contribution in [3.8, 4) is 11.3 Å². The normalized spacial score (nSPS) is 10.8. The average molecular weight is 445 g/mol. The quantitative estimate of drug-likeness (QED) is 0.396. The van der Waals surface area contributed by atoms with E-state index >= 15 is 0 Å². The van der Waals surface area contributed by atoms with E-state index in [1.165, 1.54) is 28.2 Å². The molecule has 0 N–H and O–H groups in total. The van der Waals surface area contributed by atoms with Crippen molar-refractivity contribution in [2.75, 3.05) is 11.4 Å². The molecule has 0 saturated carbocycles. The number of aryl methyl sites for hydroxylation is 1. The fourth-order valence-electron chi connectivity index (χ4n) is 3.37. The Bertz CT molecular complexity index is 1240. The zero-order chi connectivity index (χ0) is 22.3. The minimum absolute atomic E-state index is 0.208. The Labute approximate surface area is 190 Å². The van der Waals surface area contributed by atoms with E-state index in [9.17, 15) is 9.59 Å². The van der Waals surface area contributed by atoms with Crippen LogP contribution in [0.5, 0.6) is 0 Å². The number of hydrogen-bond acceptors (Lipinski definition) is 5. The number of aromatic nitrogens is 3. The van der Waals surface area contributed by atoms with E-state index in [1.54, 1.807) is 4.90 Å². The molecule has 162 valence electrons. The maximum atomic E-state index is 13.5. The van der Waals surface area contributed by atoms with Gasteiger partial charge in [0, 0.05) is 30.1 Å². The summed E-state index contributed by atoms with van der Waals surface area (Å²) in [4.78, 5) is 32.0. The molecular formula is C25H24N4O2S. The van der Waals surface area contributed by atoms with Crippen LogP contribution in [-0.2, 0) is 13.0 Å². The van der Waals surface area contributed by atoms with E-state index < -0.39 is 0 Å². The number of nitrogens with zero attached hydrogens (tertiary/aromatic N) is 4. The molecular weight excluding hydrogens is 420 g/mol. The molecule has 0 radical (unpaired) electrons. The Kier molecular flexibility index (Phi) is 6.87. The number of amides is 1. The van der Waals surface area contributed by atoms with Gasteiger partial charge in [-0.3, -0.25) is 14.5 Å². The van der Waals surface area contributed by atoms with Crippen molar-refractivity contribution < 1.29 is 4.79 Å². The van der Waals surface area contributed by atoms with Crippen molar-refractivity contribution in [1.82, 2.24) is 14.8 Å². The van der Waals surface area contributed by atoms with Crippen molar-refractivity contribution in [3.05, 3.63) is 99.8 Å². The van der Waals surface area contributed by atoms with Crippen molar-refractivity contribution >= 4 is 22.4 Å². The van der Waals surface area contributed by atoms with Crippen LogP contribution in [0, 0.1) is 0 Å². The van der Waals surface area contributed by atoms with Gasteiger partial charge >= 0.3 is 0 Å². The lowest BCUT2D eigenvalue weighted by Gasteiger charge is -2.20. The fourth-order valence-corrected chi connectivity index (χ4v) is 4.23. The lowest BCUT2D eigenvalue weighted by molar-refractivity contribution is 0.0980. The molecule has 0 spiro atoms. The first kappa shape index (κ1) is 21.6. The molecule has 4 aromatic rings. The molecule has 0 aliphatic heterocycles. The van der Waals surface area contributed by atoms with Gasteiger partial charge in [0.25, 0.3) is 11.5 Å². The molecule has 2 heterocycles. The first-order valence-electron chi connectivity index (χ1n) is 10.6. The molecule has 2 aromatic heterocycles. The highest BCUT2D eigenvalue weighted by Gasteiger charge is 2.23. The van der Waals surface area contributed by atoms with Crippen molar-refractivity contribution in [3.63, 3.8) is 0 Å². The molecule has 0 unspecified atom stereocenters. The monoisotopic (exact) mass is 444 g/mol. The highest BCUT2D eigenvalue weighted by atomic mass is 32.1. The van der Waals surface area contributed by atoms with Gasteiger partial charge in [0.1, 0.15) is 5.69 Å². The van der Waals surface area contributed by atoms with Crippen LogP contribution in [0.25, 0.3) is 11.3 Å². The molecule has 0 aliphatic carbocycles. The molecule has 6 nitrogen and oxygen atoms in total. The highest BCUT2D eigenvalue weighted by molar-refractivity contribution is 7.14. The molecule has 2 aromatic carbocycles. The van der Waals surface area contributed by atoms with Gasteiger partial charge in [0.2, 0.25) is 0 Å². The Balaban J connectivity index is 1.66. The molecule has 0 atom stereocenters. The van der Waals surface area contributed by atoms with Gasteiger partial charge in [-0.15, -0.1) is 11.3 Å². The number of benzene rings is 2. The van der Waals surface area contributed by atoms with Crippen molar-refractivity contribution in [1.29, 1.82) is 0 Å². The van der Waals surface area contributed by atoms with Crippen LogP contribution in [0.15, 0.2) is 83.0 Å². The third kappa shape index (κ3) is 5.00. The average Bonchev–Trinajstić information content (AvgIpc) is 3.32. The van der Waals surface area contributed by atoms with Gasteiger partial charge in [0.05, 0.1) is 5.69 Å². The summed E-state index contributed by atoms with van der Waals surface area (Å²) in [5.74, 6) is -0.264. The molecule has 7 heteroatoms. The highest BCUT2D eigenvalue weighted by Crippen LogP contribution is 2.28. The van der Waals surface area contributed by atoms with Crippen LogP contribution in [0.4, 0.5) is 5.13 Å². The molecule has 0 fully saturated rings. The fraction of sp³-hybridized carbons (Fsp3) is 0.200. The van der Waals surface area contributed by atoms with Crippen LogP contribution in [0.2, 0.25) is 0 Å². The smallest absolute Gasteiger partial charge is 0.280 e. The third-order valence-corrected chi connectivity index (χ3v) is 5.89. The molecule has 32 heavy (non-hydrogen) atoms. The second-order valence-corrected chi connectivity index (χ2v) is 8.19. The van der Waals surface area contributed by atoms with Crippen LogP contribution in [0.1, 0.15) is 29.4 Å². The number of rotatable bonds is 8. The number of anilines is 1. The van der Waals surface area contributed by atoms with Gasteiger partial charge in [0.15, 0.2) is 5.13 Å². The zero-order valence-corrected chi connectivity index (χ0v) is 18.7. The molecule has 0 aliphatic rings. The Morgan fingerprint density at radius 3 is 2.44 bits per heavy atom. The largest absolute Gasteiger partial charge is 0.282 e. The summed E-state index contributed by atoms with van der Waals surface area (Å²) in [6.07, 6.45) is 1.44. The topological polar surface area (TPSA) is 68.1 Å². The molecule has 0 bridgehead atoms. The van der Waals surface area contributed by atoms with Gasteiger partial charge < -0.3 is 0 Å². The van der Waals surface area contributed by atoms with Gasteiger partial charge in [-0.1, -0.05) is 67.6 Å². The minimum Gasteiger partial charge on any atom is -0.282 e. The lowest BCUT2D eigenvalue weighted by atomic mass is 10.1. The standard InChI is InChI=1S/C25H24N4O2S/c1-2-16-29-23(30)14-13-21(27-29)24(31)28(17-15-19-9-5-3-6-10-19)25-26-22(18-32-25)20-11-7-4-8-12-20/h3-14,18H,2,15-17H2,1H3. The summed E-state index contributed by atoms with van der Waals surface area (Å²) < 4.78 is 1.35. The maximum Gasteiger partial charge on any atom is 0.280 e. The predicted octanol–water partition coefficient (Wildman–Crippen LogP) is 4.67. The van der Waals surface area contributed by atoms with Crippen LogP contribution >= 0.6 is 11.3 Å². The van der Waals surface area contributed by atoms with Crippen LogP contribution in [0.3, 0.4) is 0 Å². The lowest BCUT2D eigenvalue weighted by Crippen LogP contribution is -2.35. The van der Waals surface area contributed by atoms with Crippen molar-refractivity contribution in [2.45, 2.75) is 26.3 Å². The summed E-state index contributed by atoms with van der Waals surface area (Å²) >= 11 is 1.43. The number of carbonyl (C=O) groups excluding carboxylic acids is 1. The summed E-state index contributed by atoms with van der Waals surface area (Å²) in [6.45, 7) is 2.90. The molecule has 0 saturated heterocycles. The van der Waals surface area contributed by atoms with Gasteiger partial charge in [-0.25, -0.2) is 9.67 Å². The van der Waals surface area contributed by atoms with E-state index in [0.29, 0.717) is 24.6 Å². The summed E-state index contributed by atoms with van der Waals surface area (Å²) in [6, 6.07) is 22.8. The summed E-state index contributed by atoms with van der Waals surface area (Å²) in [5.41, 5.74) is 2.99. The third-order valence-electron chi connectivity index (χ3n) is 5.03.